The zero-order valence-electron chi connectivity index (χ0n) is 13.0. The van der Waals surface area contributed by atoms with Crippen LogP contribution in [0.5, 0.6) is 5.75 Å². The number of aryl methyl sites for hydroxylation is 1. The first kappa shape index (κ1) is 15.5. The molecular formula is C17H14N2O5. The lowest BCUT2D eigenvalue weighted by Crippen LogP contribution is -2.54. The van der Waals surface area contributed by atoms with Gasteiger partial charge < -0.3 is 9.15 Å². The Hall–Kier alpha value is -3.35. The van der Waals surface area contributed by atoms with Gasteiger partial charge in [-0.2, -0.15) is 0 Å². The Balaban J connectivity index is 2.05. The zero-order chi connectivity index (χ0) is 17.3. The Morgan fingerprint density at radius 1 is 1.12 bits per heavy atom. The number of nitrogens with zero attached hydrogens (tertiary/aromatic N) is 1. The molecule has 3 rings (SSSR count). The lowest BCUT2D eigenvalue weighted by atomic mass is 10.1. The van der Waals surface area contributed by atoms with Crippen molar-refractivity contribution in [3.63, 3.8) is 0 Å². The highest BCUT2D eigenvalue weighted by Gasteiger charge is 2.38. The number of methoxy groups -OCH3 is 1. The van der Waals surface area contributed by atoms with E-state index in [-0.39, 0.29) is 11.3 Å². The molecule has 2 heterocycles. The van der Waals surface area contributed by atoms with Gasteiger partial charge in [-0.3, -0.25) is 14.9 Å². The van der Waals surface area contributed by atoms with Gasteiger partial charge in [0.2, 0.25) is 0 Å². The molecule has 0 saturated carbocycles. The van der Waals surface area contributed by atoms with Gasteiger partial charge in [0.15, 0.2) is 0 Å². The molecule has 1 N–H and O–H groups in total. The van der Waals surface area contributed by atoms with Crippen molar-refractivity contribution in [2.75, 3.05) is 12.0 Å². The molecule has 2 aromatic rings. The first-order valence-electron chi connectivity index (χ1n) is 7.12. The van der Waals surface area contributed by atoms with Crippen LogP contribution in [0.3, 0.4) is 0 Å². The molecule has 7 heteroatoms. The number of amides is 4. The average Bonchev–Trinajstić information content (AvgIpc) is 2.97. The Bertz CT molecular complexity index is 865. The van der Waals surface area contributed by atoms with Gasteiger partial charge in [0.05, 0.1) is 12.8 Å². The van der Waals surface area contributed by atoms with Crippen LogP contribution in [0.15, 0.2) is 46.4 Å². The smallest absolute Gasteiger partial charge is 0.336 e. The van der Waals surface area contributed by atoms with Crippen molar-refractivity contribution < 1.29 is 23.5 Å². The Kier molecular flexibility index (Phi) is 3.91. The van der Waals surface area contributed by atoms with E-state index in [1.807, 2.05) is 0 Å². The third-order valence-corrected chi connectivity index (χ3v) is 3.48. The Morgan fingerprint density at radius 3 is 2.54 bits per heavy atom. The van der Waals surface area contributed by atoms with Crippen molar-refractivity contribution in [3.05, 3.63) is 53.5 Å². The van der Waals surface area contributed by atoms with Crippen LogP contribution in [0.1, 0.15) is 11.5 Å². The maximum absolute atomic E-state index is 12.7. The molecule has 0 aliphatic carbocycles. The molecule has 0 bridgehead atoms. The van der Waals surface area contributed by atoms with Crippen LogP contribution in [0.4, 0.5) is 10.5 Å². The third kappa shape index (κ3) is 2.67. The molecule has 0 spiro atoms. The monoisotopic (exact) mass is 326 g/mol. The number of barbiturate groups is 1. The normalized spacial score (nSPS) is 16.5. The summed E-state index contributed by atoms with van der Waals surface area (Å²) in [6.07, 6.45) is 1.31. The molecule has 4 amide bonds. The highest BCUT2D eigenvalue weighted by molar-refractivity contribution is 6.39. The van der Waals surface area contributed by atoms with Gasteiger partial charge in [-0.25, -0.2) is 9.69 Å². The molecule has 1 aromatic carbocycles. The number of anilines is 1. The predicted molar refractivity (Wildman–Crippen MR) is 85.4 cm³/mol. The number of urea groups is 1. The maximum atomic E-state index is 12.7. The molecule has 1 fully saturated rings. The summed E-state index contributed by atoms with van der Waals surface area (Å²) in [7, 11) is 1.43. The number of para-hydroxylation sites is 2. The second-order valence-corrected chi connectivity index (χ2v) is 5.08. The van der Waals surface area contributed by atoms with Crippen LogP contribution in [0.2, 0.25) is 0 Å². The number of ether oxygens (including phenoxy) is 1. The SMILES string of the molecule is COc1ccccc1N1C(=O)NC(=O)/C(=C/c2ccc(C)o2)C1=O. The first-order valence-corrected chi connectivity index (χ1v) is 7.12. The molecule has 1 aliphatic rings. The van der Waals surface area contributed by atoms with E-state index in [0.29, 0.717) is 17.3 Å². The summed E-state index contributed by atoms with van der Waals surface area (Å²) in [4.78, 5) is 37.8. The van der Waals surface area contributed by atoms with Gasteiger partial charge in [-0.15, -0.1) is 0 Å². The van der Waals surface area contributed by atoms with Crippen molar-refractivity contribution in [3.8, 4) is 5.75 Å². The first-order chi connectivity index (χ1) is 11.5. The minimum absolute atomic E-state index is 0.199. The number of benzene rings is 1. The summed E-state index contributed by atoms with van der Waals surface area (Å²) >= 11 is 0. The second-order valence-electron chi connectivity index (χ2n) is 5.08. The second kappa shape index (κ2) is 6.04. The maximum Gasteiger partial charge on any atom is 0.336 e. The summed E-state index contributed by atoms with van der Waals surface area (Å²) < 4.78 is 10.5. The van der Waals surface area contributed by atoms with Gasteiger partial charge >= 0.3 is 6.03 Å². The van der Waals surface area contributed by atoms with Gasteiger partial charge in [0, 0.05) is 0 Å². The molecular weight excluding hydrogens is 312 g/mol. The van der Waals surface area contributed by atoms with Crippen molar-refractivity contribution in [1.82, 2.24) is 5.32 Å². The van der Waals surface area contributed by atoms with Crippen LogP contribution >= 0.6 is 0 Å². The van der Waals surface area contributed by atoms with Crippen LogP contribution in [0.25, 0.3) is 6.08 Å². The van der Waals surface area contributed by atoms with Crippen molar-refractivity contribution in [1.29, 1.82) is 0 Å². The summed E-state index contributed by atoms with van der Waals surface area (Å²) in [6, 6.07) is 9.05. The summed E-state index contributed by atoms with van der Waals surface area (Å²) in [5, 5.41) is 2.15. The van der Waals surface area contributed by atoms with E-state index in [4.69, 9.17) is 9.15 Å². The predicted octanol–water partition coefficient (Wildman–Crippen LogP) is 2.26. The van der Waals surface area contributed by atoms with Crippen LogP contribution in [-0.2, 0) is 9.59 Å². The summed E-state index contributed by atoms with van der Waals surface area (Å²) in [6.45, 7) is 1.75. The lowest BCUT2D eigenvalue weighted by Gasteiger charge is -2.27. The molecule has 1 aliphatic heterocycles. The van der Waals surface area contributed by atoms with Crippen molar-refractivity contribution >= 4 is 29.6 Å². The molecule has 0 radical (unpaired) electrons. The number of rotatable bonds is 3. The van der Waals surface area contributed by atoms with Crippen LogP contribution in [0, 0.1) is 6.92 Å². The number of hydrogen-bond acceptors (Lipinski definition) is 5. The van der Waals surface area contributed by atoms with E-state index < -0.39 is 17.8 Å². The quantitative estimate of drug-likeness (QED) is 0.690. The molecule has 7 nitrogen and oxygen atoms in total. The Labute approximate surface area is 137 Å². The molecule has 0 atom stereocenters. The van der Waals surface area contributed by atoms with Crippen LogP contribution < -0.4 is 15.0 Å². The number of imide groups is 2. The summed E-state index contributed by atoms with van der Waals surface area (Å²) in [5.41, 5.74) is 0.0476. The van der Waals surface area contributed by atoms with E-state index in [0.717, 1.165) is 4.90 Å². The number of hydrogen-bond donors (Lipinski definition) is 1. The standard InChI is InChI=1S/C17H14N2O5/c1-10-7-8-11(24-10)9-12-15(20)18-17(22)19(16(12)21)13-5-3-4-6-14(13)23-2/h3-9H,1-2H3,(H,18,20,22)/b12-9-. The van der Waals surface area contributed by atoms with Crippen molar-refractivity contribution in [2.45, 2.75) is 6.92 Å². The summed E-state index contributed by atoms with van der Waals surface area (Å²) in [5.74, 6) is -0.195. The van der Waals surface area contributed by atoms with Gasteiger partial charge in [0.25, 0.3) is 11.8 Å². The van der Waals surface area contributed by atoms with E-state index in [1.54, 1.807) is 43.3 Å². The zero-order valence-corrected chi connectivity index (χ0v) is 13.0. The minimum atomic E-state index is -0.831. The van der Waals surface area contributed by atoms with E-state index in [2.05, 4.69) is 5.32 Å². The number of nitrogens with one attached hydrogen (secondary N) is 1. The van der Waals surface area contributed by atoms with Crippen molar-refractivity contribution in [2.24, 2.45) is 0 Å². The van der Waals surface area contributed by atoms with E-state index >= 15 is 0 Å². The van der Waals surface area contributed by atoms with E-state index in [1.165, 1.54) is 13.2 Å². The Morgan fingerprint density at radius 2 is 1.88 bits per heavy atom. The fraction of sp³-hybridized carbons (Fsp3) is 0.118. The van der Waals surface area contributed by atoms with E-state index in [9.17, 15) is 14.4 Å². The number of carbonyl (C=O) groups excluding carboxylic acids is 3. The number of carbonyl (C=O) groups is 3. The highest BCUT2D eigenvalue weighted by Crippen LogP contribution is 2.30. The molecule has 122 valence electrons. The fourth-order valence-corrected chi connectivity index (χ4v) is 2.36. The largest absolute Gasteiger partial charge is 0.495 e. The third-order valence-electron chi connectivity index (χ3n) is 3.48. The van der Waals surface area contributed by atoms with Gasteiger partial charge in [-0.05, 0) is 37.3 Å². The highest BCUT2D eigenvalue weighted by atomic mass is 16.5. The minimum Gasteiger partial charge on any atom is -0.495 e. The lowest BCUT2D eigenvalue weighted by molar-refractivity contribution is -0.122. The number of furan rings is 1. The topological polar surface area (TPSA) is 88.8 Å². The fourth-order valence-electron chi connectivity index (χ4n) is 2.36. The molecule has 0 unspecified atom stereocenters. The van der Waals surface area contributed by atoms with Gasteiger partial charge in [0.1, 0.15) is 22.8 Å². The average molecular weight is 326 g/mol. The van der Waals surface area contributed by atoms with Gasteiger partial charge in [-0.1, -0.05) is 12.1 Å². The molecule has 1 aromatic heterocycles. The molecule has 1 saturated heterocycles. The molecule has 24 heavy (non-hydrogen) atoms. The van der Waals surface area contributed by atoms with Crippen LogP contribution in [-0.4, -0.2) is 25.0 Å².